The van der Waals surface area contributed by atoms with Crippen LogP contribution in [0.15, 0.2) is 30.3 Å². The molecule has 1 fully saturated rings. The van der Waals surface area contributed by atoms with Crippen LogP contribution in [0.2, 0.25) is 0 Å². The van der Waals surface area contributed by atoms with Crippen molar-refractivity contribution in [3.8, 4) is 0 Å². The highest BCUT2D eigenvalue weighted by Gasteiger charge is 2.34. The van der Waals surface area contributed by atoms with Crippen molar-refractivity contribution in [2.75, 3.05) is 13.1 Å². The average Bonchev–Trinajstić information content (AvgIpc) is 2.45. The Balaban J connectivity index is 2.15. The first-order valence-corrected chi connectivity index (χ1v) is 6.22. The number of amides is 2. The van der Waals surface area contributed by atoms with E-state index in [0.717, 1.165) is 11.0 Å². The molecule has 7 heteroatoms. The van der Waals surface area contributed by atoms with Crippen LogP contribution >= 0.6 is 0 Å². The van der Waals surface area contributed by atoms with Gasteiger partial charge in [0.05, 0.1) is 0 Å². The van der Waals surface area contributed by atoms with E-state index in [4.69, 9.17) is 5.11 Å². The molecule has 1 aliphatic rings. The van der Waals surface area contributed by atoms with Gasteiger partial charge in [-0.05, 0) is 12.1 Å². The standard InChI is InChI=1S/C14H13FN2O4/c15-10-4-2-1-3-9(10)5-6-13(19)17-8-12(18)16-7-11(17)14(20)21/h1-6,11H,7-8H2,(H,16,18)(H,20,21)/b6-5+. The van der Waals surface area contributed by atoms with Gasteiger partial charge in [0.2, 0.25) is 11.8 Å². The third kappa shape index (κ3) is 3.44. The van der Waals surface area contributed by atoms with E-state index in [-0.39, 0.29) is 18.7 Å². The Kier molecular flexibility index (Phi) is 4.32. The number of rotatable bonds is 3. The first kappa shape index (κ1) is 14.7. The van der Waals surface area contributed by atoms with E-state index >= 15 is 0 Å². The minimum absolute atomic E-state index is 0.145. The molecular formula is C14H13FN2O4. The van der Waals surface area contributed by atoms with Crippen molar-refractivity contribution in [2.24, 2.45) is 0 Å². The molecule has 0 saturated carbocycles. The molecule has 2 amide bonds. The molecule has 0 radical (unpaired) electrons. The van der Waals surface area contributed by atoms with E-state index in [9.17, 15) is 18.8 Å². The smallest absolute Gasteiger partial charge is 0.328 e. The largest absolute Gasteiger partial charge is 0.480 e. The van der Waals surface area contributed by atoms with E-state index in [1.807, 2.05) is 0 Å². The van der Waals surface area contributed by atoms with E-state index in [2.05, 4.69) is 5.32 Å². The van der Waals surface area contributed by atoms with Crippen LogP contribution in [-0.4, -0.2) is 46.9 Å². The van der Waals surface area contributed by atoms with Crippen LogP contribution in [0.4, 0.5) is 4.39 Å². The fourth-order valence-corrected chi connectivity index (χ4v) is 1.96. The molecule has 110 valence electrons. The third-order valence-electron chi connectivity index (χ3n) is 3.06. The summed E-state index contributed by atoms with van der Waals surface area (Å²) < 4.78 is 13.4. The van der Waals surface area contributed by atoms with E-state index < -0.39 is 29.6 Å². The van der Waals surface area contributed by atoms with Crippen molar-refractivity contribution in [1.29, 1.82) is 0 Å². The van der Waals surface area contributed by atoms with Gasteiger partial charge in [-0.25, -0.2) is 9.18 Å². The minimum atomic E-state index is -1.21. The van der Waals surface area contributed by atoms with Crippen LogP contribution in [0.1, 0.15) is 5.56 Å². The molecule has 1 saturated heterocycles. The number of nitrogens with one attached hydrogen (secondary N) is 1. The van der Waals surface area contributed by atoms with Crippen molar-refractivity contribution in [3.63, 3.8) is 0 Å². The van der Waals surface area contributed by atoms with Gasteiger partial charge in [0.15, 0.2) is 0 Å². The third-order valence-corrected chi connectivity index (χ3v) is 3.06. The number of carboxylic acid groups (broad SMARTS) is 1. The number of benzene rings is 1. The monoisotopic (exact) mass is 292 g/mol. The number of carboxylic acids is 1. The van der Waals surface area contributed by atoms with Crippen molar-refractivity contribution in [2.45, 2.75) is 6.04 Å². The summed E-state index contributed by atoms with van der Waals surface area (Å²) in [6.07, 6.45) is 2.32. The number of nitrogens with zero attached hydrogens (tertiary/aromatic N) is 1. The maximum atomic E-state index is 13.4. The summed E-state index contributed by atoms with van der Waals surface area (Å²) in [4.78, 5) is 35.3. The minimum Gasteiger partial charge on any atom is -0.480 e. The van der Waals surface area contributed by atoms with Crippen LogP contribution < -0.4 is 5.32 Å². The molecule has 6 nitrogen and oxygen atoms in total. The number of carbonyl (C=O) groups excluding carboxylic acids is 2. The molecule has 0 bridgehead atoms. The van der Waals surface area contributed by atoms with Crippen molar-refractivity contribution in [1.82, 2.24) is 10.2 Å². The van der Waals surface area contributed by atoms with Gasteiger partial charge in [-0.1, -0.05) is 18.2 Å². The number of hydrogen-bond donors (Lipinski definition) is 2. The van der Waals surface area contributed by atoms with Crippen molar-refractivity contribution < 1.29 is 23.9 Å². The summed E-state index contributed by atoms with van der Waals surface area (Å²) in [7, 11) is 0. The van der Waals surface area contributed by atoms with Crippen molar-refractivity contribution in [3.05, 3.63) is 41.7 Å². The van der Waals surface area contributed by atoms with E-state index in [1.165, 1.54) is 24.3 Å². The lowest BCUT2D eigenvalue weighted by Crippen LogP contribution is -2.59. The fourth-order valence-electron chi connectivity index (χ4n) is 1.96. The molecule has 1 heterocycles. The Hall–Kier alpha value is -2.70. The Morgan fingerprint density at radius 2 is 2.10 bits per heavy atom. The zero-order chi connectivity index (χ0) is 15.4. The van der Waals surface area contributed by atoms with Gasteiger partial charge in [0, 0.05) is 18.2 Å². The molecule has 21 heavy (non-hydrogen) atoms. The normalized spacial score (nSPS) is 18.6. The van der Waals surface area contributed by atoms with Gasteiger partial charge in [-0.15, -0.1) is 0 Å². The van der Waals surface area contributed by atoms with Crippen LogP contribution in [0.5, 0.6) is 0 Å². The van der Waals surface area contributed by atoms with Gasteiger partial charge in [0.25, 0.3) is 0 Å². The zero-order valence-electron chi connectivity index (χ0n) is 11.0. The lowest BCUT2D eigenvalue weighted by molar-refractivity contribution is -0.152. The molecule has 1 aromatic rings. The molecule has 2 N–H and O–H groups in total. The topological polar surface area (TPSA) is 86.7 Å². The first-order valence-electron chi connectivity index (χ1n) is 6.22. The van der Waals surface area contributed by atoms with Gasteiger partial charge < -0.3 is 15.3 Å². The summed E-state index contributed by atoms with van der Waals surface area (Å²) in [5.74, 6) is -2.78. The van der Waals surface area contributed by atoms with E-state index in [1.54, 1.807) is 6.07 Å². The fraction of sp³-hybridized carbons (Fsp3) is 0.214. The van der Waals surface area contributed by atoms with Crippen LogP contribution in [0.25, 0.3) is 6.08 Å². The number of carbonyl (C=O) groups is 3. The summed E-state index contributed by atoms with van der Waals surface area (Å²) in [6, 6.07) is 4.74. The molecule has 1 aromatic carbocycles. The molecule has 0 aliphatic carbocycles. The average molecular weight is 292 g/mol. The zero-order valence-corrected chi connectivity index (χ0v) is 11.0. The summed E-state index contributed by atoms with van der Waals surface area (Å²) in [6.45, 7) is -0.481. The summed E-state index contributed by atoms with van der Waals surface area (Å²) in [5, 5.41) is 11.4. The molecule has 1 unspecified atom stereocenters. The van der Waals surface area contributed by atoms with Gasteiger partial charge in [0.1, 0.15) is 18.4 Å². The maximum absolute atomic E-state index is 13.4. The lowest BCUT2D eigenvalue weighted by atomic mass is 10.1. The van der Waals surface area contributed by atoms with Gasteiger partial charge in [-0.3, -0.25) is 9.59 Å². The Labute approximate surface area is 119 Å². The predicted octanol–water partition coefficient (Wildman–Crippen LogP) is 0.251. The number of piperazine rings is 1. The molecule has 0 aromatic heterocycles. The summed E-state index contributed by atoms with van der Waals surface area (Å²) >= 11 is 0. The first-order chi connectivity index (χ1) is 9.99. The highest BCUT2D eigenvalue weighted by atomic mass is 19.1. The number of aliphatic carboxylic acids is 1. The van der Waals surface area contributed by atoms with Gasteiger partial charge >= 0.3 is 5.97 Å². The molecule has 1 atom stereocenters. The highest BCUT2D eigenvalue weighted by molar-refractivity contribution is 5.98. The van der Waals surface area contributed by atoms with Crippen LogP contribution in [0, 0.1) is 5.82 Å². The van der Waals surface area contributed by atoms with Crippen molar-refractivity contribution >= 4 is 23.9 Å². The molecular weight excluding hydrogens is 279 g/mol. The number of hydrogen-bond acceptors (Lipinski definition) is 3. The Morgan fingerprint density at radius 3 is 2.76 bits per heavy atom. The Bertz CT molecular complexity index is 615. The molecule has 2 rings (SSSR count). The quantitative estimate of drug-likeness (QED) is 0.782. The predicted molar refractivity (Wildman–Crippen MR) is 71.6 cm³/mol. The van der Waals surface area contributed by atoms with Crippen LogP contribution in [0.3, 0.4) is 0 Å². The second kappa shape index (κ2) is 6.17. The maximum Gasteiger partial charge on any atom is 0.328 e. The SMILES string of the molecule is O=C1CN(C(=O)/C=C/c2ccccc2F)C(C(=O)O)CN1. The number of halogens is 1. The second-order valence-electron chi connectivity index (χ2n) is 4.48. The van der Waals surface area contributed by atoms with Crippen LogP contribution in [-0.2, 0) is 14.4 Å². The van der Waals surface area contributed by atoms with Gasteiger partial charge in [-0.2, -0.15) is 0 Å². The lowest BCUT2D eigenvalue weighted by Gasteiger charge is -2.31. The molecule has 1 aliphatic heterocycles. The Morgan fingerprint density at radius 1 is 1.38 bits per heavy atom. The second-order valence-corrected chi connectivity index (χ2v) is 4.48. The summed E-state index contributed by atoms with van der Waals surface area (Å²) in [5.41, 5.74) is 0.208. The molecule has 0 spiro atoms. The highest BCUT2D eigenvalue weighted by Crippen LogP contribution is 2.10. The van der Waals surface area contributed by atoms with E-state index in [0.29, 0.717) is 0 Å².